The molecule has 0 unspecified atom stereocenters. The van der Waals surface area contributed by atoms with E-state index in [1.165, 1.54) is 5.56 Å². The third-order valence-electron chi connectivity index (χ3n) is 3.97. The second-order valence-corrected chi connectivity index (χ2v) is 5.50. The fourth-order valence-electron chi connectivity index (χ4n) is 2.73. The Bertz CT molecular complexity index is 643. The SMILES string of the molecule is O=Cc1ccc(C(=O)N2CCN(Cc3ccccc3)CC2)[nH]1. The molecule has 1 aliphatic heterocycles. The van der Waals surface area contributed by atoms with Gasteiger partial charge in [0.05, 0.1) is 5.69 Å². The average molecular weight is 297 g/mol. The highest BCUT2D eigenvalue weighted by Gasteiger charge is 2.22. The summed E-state index contributed by atoms with van der Waals surface area (Å²) in [6, 6.07) is 13.7. The maximum Gasteiger partial charge on any atom is 0.270 e. The van der Waals surface area contributed by atoms with Gasteiger partial charge < -0.3 is 9.88 Å². The first-order valence-corrected chi connectivity index (χ1v) is 7.46. The second kappa shape index (κ2) is 6.58. The van der Waals surface area contributed by atoms with Crippen molar-refractivity contribution in [3.63, 3.8) is 0 Å². The minimum absolute atomic E-state index is 0.0348. The molecule has 0 radical (unpaired) electrons. The second-order valence-electron chi connectivity index (χ2n) is 5.50. The van der Waals surface area contributed by atoms with Crippen molar-refractivity contribution in [1.29, 1.82) is 0 Å². The van der Waals surface area contributed by atoms with E-state index in [1.54, 1.807) is 12.1 Å². The average Bonchev–Trinajstić information content (AvgIpc) is 3.05. The predicted octanol–water partition coefficient (Wildman–Crippen LogP) is 1.79. The summed E-state index contributed by atoms with van der Waals surface area (Å²) in [5.74, 6) is -0.0348. The number of piperazine rings is 1. The van der Waals surface area contributed by atoms with Crippen LogP contribution in [0.25, 0.3) is 0 Å². The lowest BCUT2D eigenvalue weighted by molar-refractivity contribution is 0.0623. The fraction of sp³-hybridized carbons (Fsp3) is 0.294. The van der Waals surface area contributed by atoms with Gasteiger partial charge in [-0.15, -0.1) is 0 Å². The Morgan fingerprint density at radius 2 is 1.77 bits per heavy atom. The number of carbonyl (C=O) groups is 2. The minimum Gasteiger partial charge on any atom is -0.348 e. The van der Waals surface area contributed by atoms with Gasteiger partial charge in [0, 0.05) is 32.7 Å². The van der Waals surface area contributed by atoms with E-state index in [0.29, 0.717) is 30.8 Å². The molecule has 1 aromatic heterocycles. The van der Waals surface area contributed by atoms with E-state index in [2.05, 4.69) is 22.0 Å². The molecule has 114 valence electrons. The number of rotatable bonds is 4. The molecule has 0 atom stereocenters. The van der Waals surface area contributed by atoms with Crippen molar-refractivity contribution in [2.45, 2.75) is 6.54 Å². The maximum atomic E-state index is 12.4. The highest BCUT2D eigenvalue weighted by atomic mass is 16.2. The zero-order valence-corrected chi connectivity index (χ0v) is 12.4. The first kappa shape index (κ1) is 14.5. The number of carbonyl (C=O) groups excluding carboxylic acids is 2. The van der Waals surface area contributed by atoms with Crippen molar-refractivity contribution >= 4 is 12.2 Å². The van der Waals surface area contributed by atoms with E-state index < -0.39 is 0 Å². The zero-order chi connectivity index (χ0) is 15.4. The molecule has 1 aromatic carbocycles. The van der Waals surface area contributed by atoms with Gasteiger partial charge in [0.15, 0.2) is 6.29 Å². The van der Waals surface area contributed by atoms with Gasteiger partial charge >= 0.3 is 0 Å². The Labute approximate surface area is 129 Å². The Morgan fingerprint density at radius 1 is 1.05 bits per heavy atom. The summed E-state index contributed by atoms with van der Waals surface area (Å²) in [5.41, 5.74) is 2.21. The molecule has 0 bridgehead atoms. The molecular weight excluding hydrogens is 278 g/mol. The van der Waals surface area contributed by atoms with Crippen molar-refractivity contribution in [2.75, 3.05) is 26.2 Å². The van der Waals surface area contributed by atoms with Gasteiger partial charge in [-0.1, -0.05) is 30.3 Å². The van der Waals surface area contributed by atoms with Crippen LogP contribution in [0.3, 0.4) is 0 Å². The molecule has 1 amide bonds. The first-order chi connectivity index (χ1) is 10.8. The third-order valence-corrected chi connectivity index (χ3v) is 3.97. The molecule has 5 heteroatoms. The molecule has 2 heterocycles. The summed E-state index contributed by atoms with van der Waals surface area (Å²) in [5, 5.41) is 0. The first-order valence-electron chi connectivity index (χ1n) is 7.46. The van der Waals surface area contributed by atoms with Crippen LogP contribution >= 0.6 is 0 Å². The molecule has 5 nitrogen and oxygen atoms in total. The quantitative estimate of drug-likeness (QED) is 0.875. The summed E-state index contributed by atoms with van der Waals surface area (Å²) >= 11 is 0. The predicted molar refractivity (Wildman–Crippen MR) is 83.8 cm³/mol. The number of hydrogen-bond donors (Lipinski definition) is 1. The highest BCUT2D eigenvalue weighted by molar-refractivity contribution is 5.93. The highest BCUT2D eigenvalue weighted by Crippen LogP contribution is 2.11. The van der Waals surface area contributed by atoms with Crippen molar-refractivity contribution in [3.8, 4) is 0 Å². The van der Waals surface area contributed by atoms with E-state index >= 15 is 0 Å². The Balaban J connectivity index is 1.55. The van der Waals surface area contributed by atoms with Gasteiger partial charge in [-0.25, -0.2) is 0 Å². The smallest absolute Gasteiger partial charge is 0.270 e. The van der Waals surface area contributed by atoms with Crippen LogP contribution < -0.4 is 0 Å². The molecule has 0 spiro atoms. The fourth-order valence-corrected chi connectivity index (χ4v) is 2.73. The molecule has 1 fully saturated rings. The van der Waals surface area contributed by atoms with Crippen LogP contribution in [0.1, 0.15) is 26.5 Å². The number of hydrogen-bond acceptors (Lipinski definition) is 3. The van der Waals surface area contributed by atoms with Gasteiger partial charge in [-0.2, -0.15) is 0 Å². The molecule has 1 saturated heterocycles. The van der Waals surface area contributed by atoms with Crippen LogP contribution in [0.2, 0.25) is 0 Å². The van der Waals surface area contributed by atoms with Crippen LogP contribution in [0, 0.1) is 0 Å². The van der Waals surface area contributed by atoms with Crippen LogP contribution in [-0.2, 0) is 6.54 Å². The topological polar surface area (TPSA) is 56.4 Å². The van der Waals surface area contributed by atoms with Crippen LogP contribution in [-0.4, -0.2) is 53.2 Å². The zero-order valence-electron chi connectivity index (χ0n) is 12.4. The number of benzene rings is 1. The molecule has 1 aliphatic rings. The number of aldehydes is 1. The van der Waals surface area contributed by atoms with Gasteiger partial charge in [-0.3, -0.25) is 14.5 Å². The largest absolute Gasteiger partial charge is 0.348 e. The van der Waals surface area contributed by atoms with Crippen molar-refractivity contribution in [2.24, 2.45) is 0 Å². The third kappa shape index (κ3) is 3.26. The van der Waals surface area contributed by atoms with E-state index in [1.807, 2.05) is 23.1 Å². The number of nitrogens with zero attached hydrogens (tertiary/aromatic N) is 2. The van der Waals surface area contributed by atoms with E-state index in [4.69, 9.17) is 0 Å². The van der Waals surface area contributed by atoms with Crippen molar-refractivity contribution < 1.29 is 9.59 Å². The number of amides is 1. The lowest BCUT2D eigenvalue weighted by Crippen LogP contribution is -2.48. The number of H-pyrrole nitrogens is 1. The molecule has 2 aromatic rings. The van der Waals surface area contributed by atoms with E-state index in [-0.39, 0.29) is 5.91 Å². The molecular formula is C17H19N3O2. The van der Waals surface area contributed by atoms with E-state index in [0.717, 1.165) is 19.6 Å². The van der Waals surface area contributed by atoms with Crippen LogP contribution in [0.4, 0.5) is 0 Å². The van der Waals surface area contributed by atoms with Gasteiger partial charge in [0.25, 0.3) is 5.91 Å². The number of nitrogens with one attached hydrogen (secondary N) is 1. The standard InChI is InChI=1S/C17H19N3O2/c21-13-15-6-7-16(18-15)17(22)20-10-8-19(9-11-20)12-14-4-2-1-3-5-14/h1-7,13,18H,8-12H2. The van der Waals surface area contributed by atoms with Crippen molar-refractivity contribution in [3.05, 3.63) is 59.4 Å². The molecule has 1 N–H and O–H groups in total. The summed E-state index contributed by atoms with van der Waals surface area (Å²) in [7, 11) is 0. The lowest BCUT2D eigenvalue weighted by Gasteiger charge is -2.34. The van der Waals surface area contributed by atoms with Crippen LogP contribution in [0.5, 0.6) is 0 Å². The Morgan fingerprint density at radius 3 is 2.41 bits per heavy atom. The minimum atomic E-state index is -0.0348. The van der Waals surface area contributed by atoms with Crippen molar-refractivity contribution in [1.82, 2.24) is 14.8 Å². The summed E-state index contributed by atoms with van der Waals surface area (Å²) < 4.78 is 0. The van der Waals surface area contributed by atoms with E-state index in [9.17, 15) is 9.59 Å². The Hall–Kier alpha value is -2.40. The molecule has 3 rings (SSSR count). The number of aromatic nitrogens is 1. The lowest BCUT2D eigenvalue weighted by atomic mass is 10.2. The molecule has 0 aliphatic carbocycles. The Kier molecular flexibility index (Phi) is 4.34. The normalized spacial score (nSPS) is 15.7. The molecule has 22 heavy (non-hydrogen) atoms. The number of aromatic amines is 1. The summed E-state index contributed by atoms with van der Waals surface area (Å²) in [6.07, 6.45) is 0.717. The summed E-state index contributed by atoms with van der Waals surface area (Å²) in [6.45, 7) is 4.06. The monoisotopic (exact) mass is 297 g/mol. The van der Waals surface area contributed by atoms with Gasteiger partial charge in [0.2, 0.25) is 0 Å². The molecule has 0 saturated carbocycles. The summed E-state index contributed by atoms with van der Waals surface area (Å²) in [4.78, 5) is 30.1. The van der Waals surface area contributed by atoms with Crippen LogP contribution in [0.15, 0.2) is 42.5 Å². The van der Waals surface area contributed by atoms with Gasteiger partial charge in [0.1, 0.15) is 5.69 Å². The maximum absolute atomic E-state index is 12.4. The van der Waals surface area contributed by atoms with Gasteiger partial charge in [-0.05, 0) is 17.7 Å².